The third kappa shape index (κ3) is 3.50. The summed E-state index contributed by atoms with van der Waals surface area (Å²) >= 11 is 0. The zero-order valence-electron chi connectivity index (χ0n) is 9.53. The molecule has 0 spiro atoms. The fourth-order valence-corrected chi connectivity index (χ4v) is 1.55. The quantitative estimate of drug-likeness (QED) is 0.466. The molecule has 0 aliphatic carbocycles. The summed E-state index contributed by atoms with van der Waals surface area (Å²) in [5.41, 5.74) is 1.30. The molecule has 1 unspecified atom stereocenters. The van der Waals surface area contributed by atoms with Gasteiger partial charge in [0.05, 0.1) is 0 Å². The van der Waals surface area contributed by atoms with Crippen LogP contribution in [-0.4, -0.2) is 18.0 Å². The summed E-state index contributed by atoms with van der Waals surface area (Å²) in [5, 5.41) is 0. The van der Waals surface area contributed by atoms with Crippen LogP contribution in [0, 0.1) is 6.92 Å². The van der Waals surface area contributed by atoms with Crippen molar-refractivity contribution in [2.24, 2.45) is 0 Å². The molecular formula is C12H18LiN. The van der Waals surface area contributed by atoms with E-state index in [1.165, 1.54) is 5.56 Å². The zero-order valence-corrected chi connectivity index (χ0v) is 9.53. The predicted molar refractivity (Wildman–Crippen MR) is 57.5 cm³/mol. The Morgan fingerprint density at radius 1 is 1.14 bits per heavy atom. The predicted octanol–water partition coefficient (Wildman–Crippen LogP) is -0.0924. The molecule has 0 radical (unpaired) electrons. The molecular weight excluding hydrogens is 165 g/mol. The Bertz CT molecular complexity index is 231. The van der Waals surface area contributed by atoms with Gasteiger partial charge in [0.15, 0.2) is 0 Å². The van der Waals surface area contributed by atoms with Gasteiger partial charge in [0.2, 0.25) is 0 Å². The number of benzene rings is 1. The van der Waals surface area contributed by atoms with Crippen LogP contribution >= 0.6 is 0 Å². The Labute approximate surface area is 99.7 Å². The van der Waals surface area contributed by atoms with Crippen LogP contribution in [0.5, 0.6) is 0 Å². The molecule has 1 nitrogen and oxygen atoms in total. The summed E-state index contributed by atoms with van der Waals surface area (Å²) in [4.78, 5) is 2.34. The van der Waals surface area contributed by atoms with Gasteiger partial charge < -0.3 is 11.8 Å². The van der Waals surface area contributed by atoms with Crippen molar-refractivity contribution in [2.75, 3.05) is 13.1 Å². The van der Waals surface area contributed by atoms with Gasteiger partial charge in [-0.1, -0.05) is 55.8 Å². The first-order chi connectivity index (χ1) is 6.29. The van der Waals surface area contributed by atoms with Crippen molar-refractivity contribution in [1.82, 2.24) is 4.90 Å². The van der Waals surface area contributed by atoms with Gasteiger partial charge in [-0.2, -0.15) is 0 Å². The van der Waals surface area contributed by atoms with E-state index in [2.05, 4.69) is 49.9 Å². The fraction of sp³-hybridized carbons (Fsp3) is 0.417. The molecule has 1 rings (SSSR count). The Kier molecular flexibility index (Phi) is 7.01. The van der Waals surface area contributed by atoms with Crippen molar-refractivity contribution in [3.05, 3.63) is 42.8 Å². The standard InChI is InChI=1S/C12H18N.Li/c1-4-13(5-2)11(3)12-9-7-6-8-10-12;/h6-11H,3-5H2,1-2H3;/q-1;+1. The molecule has 1 aromatic carbocycles. The van der Waals surface area contributed by atoms with Crippen molar-refractivity contribution in [2.45, 2.75) is 19.9 Å². The summed E-state index contributed by atoms with van der Waals surface area (Å²) in [6, 6.07) is 10.7. The van der Waals surface area contributed by atoms with Crippen LogP contribution in [0.3, 0.4) is 0 Å². The summed E-state index contributed by atoms with van der Waals surface area (Å²) in [5.74, 6) is 0. The minimum absolute atomic E-state index is 0. The molecule has 0 saturated carbocycles. The number of hydrogen-bond acceptors (Lipinski definition) is 1. The Morgan fingerprint density at radius 2 is 1.64 bits per heavy atom. The van der Waals surface area contributed by atoms with E-state index >= 15 is 0 Å². The van der Waals surface area contributed by atoms with E-state index < -0.39 is 0 Å². The topological polar surface area (TPSA) is 3.24 Å². The summed E-state index contributed by atoms with van der Waals surface area (Å²) in [6.45, 7) is 10.6. The smallest absolute Gasteiger partial charge is 0.326 e. The van der Waals surface area contributed by atoms with Crippen molar-refractivity contribution < 1.29 is 18.9 Å². The summed E-state index contributed by atoms with van der Waals surface area (Å²) in [6.07, 6.45) is 0. The maximum absolute atomic E-state index is 4.18. The molecule has 2 heteroatoms. The van der Waals surface area contributed by atoms with E-state index in [9.17, 15) is 0 Å². The van der Waals surface area contributed by atoms with Gasteiger partial charge in [-0.25, -0.2) is 0 Å². The molecule has 0 aliphatic rings. The molecule has 0 fully saturated rings. The van der Waals surface area contributed by atoms with Crippen LogP contribution in [0.25, 0.3) is 0 Å². The van der Waals surface area contributed by atoms with Crippen molar-refractivity contribution in [1.29, 1.82) is 0 Å². The first kappa shape index (κ1) is 13.8. The summed E-state index contributed by atoms with van der Waals surface area (Å²) < 4.78 is 0. The molecule has 0 saturated heterocycles. The minimum Gasteiger partial charge on any atom is -0.326 e. The average Bonchev–Trinajstić information content (AvgIpc) is 2.21. The molecule has 0 heterocycles. The minimum atomic E-state index is 0. The van der Waals surface area contributed by atoms with Gasteiger partial charge in [0.1, 0.15) is 0 Å². The van der Waals surface area contributed by atoms with Gasteiger partial charge in [-0.05, 0) is 13.1 Å². The summed E-state index contributed by atoms with van der Waals surface area (Å²) in [7, 11) is 0. The second kappa shape index (κ2) is 7.12. The molecule has 0 N–H and O–H groups in total. The number of nitrogens with zero attached hydrogens (tertiary/aromatic N) is 1. The fourth-order valence-electron chi connectivity index (χ4n) is 1.55. The monoisotopic (exact) mass is 183 g/mol. The largest absolute Gasteiger partial charge is 1.00 e. The number of rotatable bonds is 4. The molecule has 14 heavy (non-hydrogen) atoms. The Morgan fingerprint density at radius 3 is 2.07 bits per heavy atom. The van der Waals surface area contributed by atoms with Crippen LogP contribution < -0.4 is 18.9 Å². The number of hydrogen-bond donors (Lipinski definition) is 0. The van der Waals surface area contributed by atoms with Gasteiger partial charge in [0.25, 0.3) is 0 Å². The van der Waals surface area contributed by atoms with Gasteiger partial charge in [-0.15, -0.1) is 0 Å². The van der Waals surface area contributed by atoms with Crippen molar-refractivity contribution in [3.8, 4) is 0 Å². The molecule has 72 valence electrons. The van der Waals surface area contributed by atoms with Gasteiger partial charge in [-0.3, -0.25) is 0 Å². The van der Waals surface area contributed by atoms with Crippen molar-refractivity contribution in [3.63, 3.8) is 0 Å². The molecule has 0 amide bonds. The van der Waals surface area contributed by atoms with E-state index in [4.69, 9.17) is 0 Å². The van der Waals surface area contributed by atoms with Crippen LogP contribution in [-0.2, 0) is 0 Å². The van der Waals surface area contributed by atoms with E-state index in [1.54, 1.807) is 0 Å². The second-order valence-corrected chi connectivity index (χ2v) is 3.15. The average molecular weight is 183 g/mol. The third-order valence-electron chi connectivity index (χ3n) is 2.44. The zero-order chi connectivity index (χ0) is 9.68. The van der Waals surface area contributed by atoms with Crippen LogP contribution in [0.4, 0.5) is 0 Å². The van der Waals surface area contributed by atoms with Gasteiger partial charge >= 0.3 is 18.9 Å². The Hall–Kier alpha value is -0.223. The normalized spacial score (nSPS) is 12.3. The van der Waals surface area contributed by atoms with E-state index in [-0.39, 0.29) is 24.9 Å². The SMILES string of the molecule is [CH2-]C(c1ccccc1)N(CC)CC.[Li+]. The maximum atomic E-state index is 4.18. The third-order valence-corrected chi connectivity index (χ3v) is 2.44. The molecule has 1 atom stereocenters. The first-order valence-electron chi connectivity index (χ1n) is 4.91. The van der Waals surface area contributed by atoms with Crippen LogP contribution in [0.15, 0.2) is 30.3 Å². The molecule has 0 bridgehead atoms. The maximum Gasteiger partial charge on any atom is 1.00 e. The van der Waals surface area contributed by atoms with Crippen molar-refractivity contribution >= 4 is 0 Å². The van der Waals surface area contributed by atoms with E-state index in [0.29, 0.717) is 0 Å². The molecule has 1 aromatic rings. The Balaban J connectivity index is 0.00000169. The molecule has 0 aliphatic heterocycles. The van der Waals surface area contributed by atoms with E-state index in [0.717, 1.165) is 13.1 Å². The van der Waals surface area contributed by atoms with Crippen LogP contribution in [0.2, 0.25) is 0 Å². The van der Waals surface area contributed by atoms with Crippen LogP contribution in [0.1, 0.15) is 25.5 Å². The van der Waals surface area contributed by atoms with E-state index in [1.807, 2.05) is 6.07 Å². The van der Waals surface area contributed by atoms with Gasteiger partial charge in [0, 0.05) is 0 Å². The first-order valence-corrected chi connectivity index (χ1v) is 4.91. The second-order valence-electron chi connectivity index (χ2n) is 3.15. The molecule has 0 aromatic heterocycles.